The van der Waals surface area contributed by atoms with Gasteiger partial charge in [-0.2, -0.15) is 13.2 Å². The number of fused-ring (bicyclic) bond motifs is 1. The first-order valence-corrected chi connectivity index (χ1v) is 3.72. The Morgan fingerprint density at radius 2 is 2.14 bits per heavy atom. The molecule has 0 fully saturated rings. The molecule has 0 saturated heterocycles. The normalized spacial score (nSPS) is 15.2. The minimum Gasteiger partial charge on any atom is -0.469 e. The van der Waals surface area contributed by atoms with Gasteiger partial charge in [0.05, 0.1) is 11.1 Å². The summed E-state index contributed by atoms with van der Waals surface area (Å²) in [5.41, 5.74) is -1.03. The number of pyridine rings is 1. The highest BCUT2D eigenvalue weighted by Crippen LogP contribution is 2.32. The van der Waals surface area contributed by atoms with Crippen molar-refractivity contribution in [3.05, 3.63) is 23.4 Å². The van der Waals surface area contributed by atoms with Gasteiger partial charge in [-0.05, 0) is 6.07 Å². The number of aromatic nitrogens is 1. The molecular formula is C8H4F3NO2. The Morgan fingerprint density at radius 3 is 2.79 bits per heavy atom. The summed E-state index contributed by atoms with van der Waals surface area (Å²) >= 11 is 0. The van der Waals surface area contributed by atoms with Crippen molar-refractivity contribution in [2.75, 3.05) is 6.61 Å². The van der Waals surface area contributed by atoms with Crippen molar-refractivity contribution >= 4 is 5.78 Å². The third-order valence-electron chi connectivity index (χ3n) is 1.82. The first-order valence-electron chi connectivity index (χ1n) is 3.72. The number of hydrogen-bond donors (Lipinski definition) is 0. The number of ketones is 1. The molecule has 1 aromatic rings. The summed E-state index contributed by atoms with van der Waals surface area (Å²) < 4.78 is 41.3. The van der Waals surface area contributed by atoms with E-state index in [0.717, 1.165) is 6.07 Å². The quantitative estimate of drug-likeness (QED) is 0.643. The fourth-order valence-corrected chi connectivity index (χ4v) is 1.13. The molecule has 1 aromatic heterocycles. The van der Waals surface area contributed by atoms with E-state index in [4.69, 9.17) is 4.74 Å². The molecule has 1 aliphatic heterocycles. The lowest BCUT2D eigenvalue weighted by Gasteiger charge is -2.05. The number of nitrogens with zero attached hydrogens (tertiary/aromatic N) is 1. The number of Topliss-reactive ketones (excluding diaryl/α,β-unsaturated/α-hetero) is 1. The molecule has 14 heavy (non-hydrogen) atoms. The molecule has 0 aliphatic carbocycles. The Hall–Kier alpha value is -1.59. The highest BCUT2D eigenvalue weighted by molar-refractivity contribution is 6.01. The number of ether oxygens (including phenoxy) is 1. The lowest BCUT2D eigenvalue weighted by atomic mass is 10.1. The first-order chi connectivity index (χ1) is 6.48. The number of halogens is 3. The predicted molar refractivity (Wildman–Crippen MR) is 39.1 cm³/mol. The summed E-state index contributed by atoms with van der Waals surface area (Å²) in [6.07, 6.45) is -3.83. The largest absolute Gasteiger partial charge is 0.469 e. The second-order valence-corrected chi connectivity index (χ2v) is 2.79. The lowest BCUT2D eigenvalue weighted by Crippen LogP contribution is -2.06. The minimum absolute atomic E-state index is 0.0250. The Kier molecular flexibility index (Phi) is 1.73. The van der Waals surface area contributed by atoms with Crippen LogP contribution < -0.4 is 4.74 Å². The summed E-state index contributed by atoms with van der Waals surface area (Å²) in [4.78, 5) is 14.4. The van der Waals surface area contributed by atoms with Crippen molar-refractivity contribution in [3.63, 3.8) is 0 Å². The van der Waals surface area contributed by atoms with Gasteiger partial charge in [-0.15, -0.1) is 0 Å². The van der Waals surface area contributed by atoms with Crippen molar-refractivity contribution in [1.29, 1.82) is 0 Å². The van der Waals surface area contributed by atoms with Crippen LogP contribution in [0.2, 0.25) is 0 Å². The van der Waals surface area contributed by atoms with Crippen LogP contribution in [0, 0.1) is 0 Å². The first kappa shape index (κ1) is 8.98. The maximum absolute atomic E-state index is 12.2. The van der Waals surface area contributed by atoms with Crippen LogP contribution in [-0.2, 0) is 6.18 Å². The molecule has 6 heteroatoms. The zero-order valence-corrected chi connectivity index (χ0v) is 6.76. The lowest BCUT2D eigenvalue weighted by molar-refractivity contribution is -0.137. The summed E-state index contributed by atoms with van der Waals surface area (Å²) in [6, 6.07) is 0.762. The molecule has 0 unspecified atom stereocenters. The van der Waals surface area contributed by atoms with Crippen LogP contribution >= 0.6 is 0 Å². The summed E-state index contributed by atoms with van der Waals surface area (Å²) in [5.74, 6) is -0.499. The van der Waals surface area contributed by atoms with Gasteiger partial charge < -0.3 is 4.74 Å². The number of carbonyl (C=O) groups is 1. The Balaban J connectivity index is 2.50. The van der Waals surface area contributed by atoms with Gasteiger partial charge >= 0.3 is 6.18 Å². The molecule has 1 aliphatic rings. The number of carbonyl (C=O) groups excluding carboxylic acids is 1. The predicted octanol–water partition coefficient (Wildman–Crippen LogP) is 1.68. The van der Waals surface area contributed by atoms with Gasteiger partial charge in [0.25, 0.3) is 0 Å². The average molecular weight is 203 g/mol. The Bertz CT molecular complexity index is 400. The molecule has 2 rings (SSSR count). The van der Waals surface area contributed by atoms with E-state index in [9.17, 15) is 18.0 Å². The van der Waals surface area contributed by atoms with E-state index in [2.05, 4.69) is 4.98 Å². The molecule has 2 heterocycles. The zero-order chi connectivity index (χ0) is 10.3. The van der Waals surface area contributed by atoms with Gasteiger partial charge in [0.1, 0.15) is 0 Å². The molecule has 0 aromatic carbocycles. The standard InChI is InChI=1S/C8H4F3NO2/c9-8(10,11)4-1-5-6(13)3-14-7(5)12-2-4/h1-2H,3H2. The molecule has 0 atom stereocenters. The van der Waals surface area contributed by atoms with Crippen LogP contribution in [0.3, 0.4) is 0 Å². The van der Waals surface area contributed by atoms with E-state index in [-0.39, 0.29) is 18.1 Å². The Morgan fingerprint density at radius 1 is 1.43 bits per heavy atom. The van der Waals surface area contributed by atoms with E-state index in [1.165, 1.54) is 0 Å². The van der Waals surface area contributed by atoms with Gasteiger partial charge in [0, 0.05) is 6.20 Å². The van der Waals surface area contributed by atoms with Gasteiger partial charge in [-0.25, -0.2) is 4.98 Å². The van der Waals surface area contributed by atoms with Crippen LogP contribution in [0.4, 0.5) is 13.2 Å². The van der Waals surface area contributed by atoms with Crippen LogP contribution in [-0.4, -0.2) is 17.4 Å². The zero-order valence-electron chi connectivity index (χ0n) is 6.76. The fraction of sp³-hybridized carbons (Fsp3) is 0.250. The van der Waals surface area contributed by atoms with Crippen molar-refractivity contribution in [2.24, 2.45) is 0 Å². The van der Waals surface area contributed by atoms with E-state index >= 15 is 0 Å². The molecule has 0 bridgehead atoms. The summed E-state index contributed by atoms with van der Waals surface area (Å²) in [6.45, 7) is -0.232. The third-order valence-corrected chi connectivity index (χ3v) is 1.82. The number of alkyl halides is 3. The molecule has 0 radical (unpaired) electrons. The highest BCUT2D eigenvalue weighted by atomic mass is 19.4. The maximum atomic E-state index is 12.2. The van der Waals surface area contributed by atoms with Gasteiger partial charge in [-0.3, -0.25) is 4.79 Å². The van der Waals surface area contributed by atoms with Crippen molar-refractivity contribution in [2.45, 2.75) is 6.18 Å². The van der Waals surface area contributed by atoms with Crippen molar-refractivity contribution < 1.29 is 22.7 Å². The SMILES string of the molecule is O=C1COc2ncc(C(F)(F)F)cc21. The highest BCUT2D eigenvalue weighted by Gasteiger charge is 2.34. The van der Waals surface area contributed by atoms with E-state index < -0.39 is 17.5 Å². The van der Waals surface area contributed by atoms with Crippen molar-refractivity contribution in [3.8, 4) is 5.88 Å². The third kappa shape index (κ3) is 1.32. The molecule has 0 saturated carbocycles. The van der Waals surface area contributed by atoms with E-state index in [1.54, 1.807) is 0 Å². The second-order valence-electron chi connectivity index (χ2n) is 2.79. The number of hydrogen-bond acceptors (Lipinski definition) is 3. The topological polar surface area (TPSA) is 39.2 Å². The Labute approximate surface area is 76.5 Å². The molecule has 74 valence electrons. The fourth-order valence-electron chi connectivity index (χ4n) is 1.13. The monoisotopic (exact) mass is 203 g/mol. The van der Waals surface area contributed by atoms with Crippen LogP contribution in [0.25, 0.3) is 0 Å². The van der Waals surface area contributed by atoms with E-state index in [0.29, 0.717) is 6.20 Å². The van der Waals surface area contributed by atoms with Crippen LogP contribution in [0.15, 0.2) is 12.3 Å². The molecule has 0 spiro atoms. The van der Waals surface area contributed by atoms with Gasteiger partial charge in [0.15, 0.2) is 6.61 Å². The van der Waals surface area contributed by atoms with Crippen molar-refractivity contribution in [1.82, 2.24) is 4.98 Å². The molecule has 3 nitrogen and oxygen atoms in total. The average Bonchev–Trinajstić information content (AvgIpc) is 2.46. The summed E-state index contributed by atoms with van der Waals surface area (Å²) in [7, 11) is 0. The van der Waals surface area contributed by atoms with E-state index in [1.807, 2.05) is 0 Å². The minimum atomic E-state index is -4.48. The van der Waals surface area contributed by atoms with Crippen LogP contribution in [0.5, 0.6) is 5.88 Å². The van der Waals surface area contributed by atoms with Gasteiger partial charge in [0.2, 0.25) is 11.7 Å². The molecule has 0 amide bonds. The summed E-state index contributed by atoms with van der Waals surface area (Å²) in [5, 5.41) is 0. The smallest absolute Gasteiger partial charge is 0.417 e. The maximum Gasteiger partial charge on any atom is 0.417 e. The molecular weight excluding hydrogens is 199 g/mol. The second kappa shape index (κ2) is 2.70. The molecule has 0 N–H and O–H groups in total. The van der Waals surface area contributed by atoms with Gasteiger partial charge in [-0.1, -0.05) is 0 Å². The number of rotatable bonds is 0. The van der Waals surface area contributed by atoms with Crippen LogP contribution in [0.1, 0.15) is 15.9 Å².